The Morgan fingerprint density at radius 1 is 1.38 bits per heavy atom. The number of hydrogen-bond donors (Lipinski definition) is 2. The van der Waals surface area contributed by atoms with Gasteiger partial charge >= 0.3 is 5.69 Å². The highest BCUT2D eigenvalue weighted by molar-refractivity contribution is 7.99. The first kappa shape index (κ1) is 15.9. The summed E-state index contributed by atoms with van der Waals surface area (Å²) >= 11 is 1.52. The third-order valence-corrected chi connectivity index (χ3v) is 4.46. The molecule has 0 spiro atoms. The predicted octanol–water partition coefficient (Wildman–Crippen LogP) is 2.41. The van der Waals surface area contributed by atoms with E-state index >= 15 is 0 Å². The number of nitrogens with two attached hydrogens (primary N) is 1. The number of benzene rings is 1. The minimum atomic E-state index is -0.151. The van der Waals surface area contributed by atoms with E-state index in [1.165, 1.54) is 17.3 Å². The summed E-state index contributed by atoms with van der Waals surface area (Å²) in [5, 5.41) is 7.36. The molecule has 0 aliphatic carbocycles. The standard InChI is InChI=1S/C15H22N4OS/c1-3-9-19-14(20)17-18-15(19)21-13-8-6-5-7-11(13)10-12(16)4-2/h5-8,12H,3-4,9-10,16H2,1-2H3,(H,17,20). The fourth-order valence-corrected chi connectivity index (χ4v) is 3.10. The quantitative estimate of drug-likeness (QED) is 0.823. The van der Waals surface area contributed by atoms with Gasteiger partial charge in [-0.05, 0) is 42.7 Å². The lowest BCUT2D eigenvalue weighted by molar-refractivity contribution is 0.603. The molecule has 1 aromatic carbocycles. The number of rotatable bonds is 7. The number of nitrogens with one attached hydrogen (secondary N) is 1. The van der Waals surface area contributed by atoms with Crippen LogP contribution in [0.15, 0.2) is 39.1 Å². The van der Waals surface area contributed by atoms with Gasteiger partial charge in [0.15, 0.2) is 5.16 Å². The molecule has 5 nitrogen and oxygen atoms in total. The van der Waals surface area contributed by atoms with Crippen LogP contribution in [-0.2, 0) is 13.0 Å². The molecule has 0 fully saturated rings. The van der Waals surface area contributed by atoms with E-state index in [4.69, 9.17) is 5.73 Å². The van der Waals surface area contributed by atoms with Gasteiger partial charge in [0.25, 0.3) is 0 Å². The van der Waals surface area contributed by atoms with Gasteiger partial charge in [-0.3, -0.25) is 4.57 Å². The summed E-state index contributed by atoms with van der Waals surface area (Å²) < 4.78 is 1.68. The zero-order chi connectivity index (χ0) is 15.2. The van der Waals surface area contributed by atoms with E-state index in [0.29, 0.717) is 11.7 Å². The van der Waals surface area contributed by atoms with Gasteiger partial charge in [0.2, 0.25) is 0 Å². The van der Waals surface area contributed by atoms with Gasteiger partial charge in [0.1, 0.15) is 0 Å². The number of aromatic nitrogens is 3. The molecule has 2 rings (SSSR count). The molecule has 0 bridgehead atoms. The molecule has 0 amide bonds. The van der Waals surface area contributed by atoms with E-state index in [2.05, 4.69) is 29.3 Å². The highest BCUT2D eigenvalue weighted by Gasteiger charge is 2.13. The number of H-pyrrole nitrogens is 1. The van der Waals surface area contributed by atoms with Crippen LogP contribution in [0.4, 0.5) is 0 Å². The zero-order valence-electron chi connectivity index (χ0n) is 12.5. The molecule has 6 heteroatoms. The molecule has 0 aliphatic heterocycles. The van der Waals surface area contributed by atoms with E-state index in [-0.39, 0.29) is 11.7 Å². The van der Waals surface area contributed by atoms with Crippen LogP contribution >= 0.6 is 11.8 Å². The van der Waals surface area contributed by atoms with Gasteiger partial charge < -0.3 is 5.73 Å². The minimum Gasteiger partial charge on any atom is -0.327 e. The Bertz CT molecular complexity index is 635. The number of aromatic amines is 1. The Morgan fingerprint density at radius 3 is 2.86 bits per heavy atom. The van der Waals surface area contributed by atoms with Crippen LogP contribution in [-0.4, -0.2) is 20.8 Å². The first-order valence-corrected chi connectivity index (χ1v) is 8.13. The molecule has 0 aliphatic rings. The first-order chi connectivity index (χ1) is 10.2. The van der Waals surface area contributed by atoms with Crippen molar-refractivity contribution in [2.75, 3.05) is 0 Å². The maximum absolute atomic E-state index is 11.7. The van der Waals surface area contributed by atoms with E-state index in [9.17, 15) is 4.79 Å². The van der Waals surface area contributed by atoms with Crippen molar-refractivity contribution in [3.63, 3.8) is 0 Å². The summed E-state index contributed by atoms with van der Waals surface area (Å²) in [6.07, 6.45) is 2.68. The second kappa shape index (κ2) is 7.47. The van der Waals surface area contributed by atoms with E-state index in [1.807, 2.05) is 19.1 Å². The molecular weight excluding hydrogens is 284 g/mol. The van der Waals surface area contributed by atoms with Gasteiger partial charge in [0.05, 0.1) is 0 Å². The molecule has 1 atom stereocenters. The van der Waals surface area contributed by atoms with Crippen LogP contribution in [0.2, 0.25) is 0 Å². The fraction of sp³-hybridized carbons (Fsp3) is 0.467. The monoisotopic (exact) mass is 306 g/mol. The third-order valence-electron chi connectivity index (χ3n) is 3.35. The normalized spacial score (nSPS) is 12.5. The van der Waals surface area contributed by atoms with Crippen molar-refractivity contribution in [2.24, 2.45) is 5.73 Å². The Hall–Kier alpha value is -1.53. The Kier molecular flexibility index (Phi) is 5.64. The molecule has 1 aromatic heterocycles. The van der Waals surface area contributed by atoms with Crippen molar-refractivity contribution >= 4 is 11.8 Å². The molecule has 21 heavy (non-hydrogen) atoms. The van der Waals surface area contributed by atoms with Crippen molar-refractivity contribution in [2.45, 2.75) is 55.7 Å². The Balaban J connectivity index is 2.25. The highest BCUT2D eigenvalue weighted by Crippen LogP contribution is 2.29. The molecule has 0 radical (unpaired) electrons. The second-order valence-corrected chi connectivity index (χ2v) is 6.05. The molecule has 0 saturated carbocycles. The molecule has 1 unspecified atom stereocenters. The van der Waals surface area contributed by atoms with Crippen molar-refractivity contribution in [3.05, 3.63) is 40.3 Å². The molecular formula is C15H22N4OS. The molecule has 2 aromatic rings. The van der Waals surface area contributed by atoms with Crippen molar-refractivity contribution in [3.8, 4) is 0 Å². The maximum Gasteiger partial charge on any atom is 0.343 e. The Labute approximate surface area is 128 Å². The lowest BCUT2D eigenvalue weighted by atomic mass is 10.1. The van der Waals surface area contributed by atoms with Crippen molar-refractivity contribution in [1.82, 2.24) is 14.8 Å². The van der Waals surface area contributed by atoms with Gasteiger partial charge in [-0.1, -0.05) is 32.0 Å². The third kappa shape index (κ3) is 3.98. The van der Waals surface area contributed by atoms with E-state index in [1.54, 1.807) is 4.57 Å². The van der Waals surface area contributed by atoms with Crippen LogP contribution in [0.1, 0.15) is 32.3 Å². The zero-order valence-corrected chi connectivity index (χ0v) is 13.3. The molecule has 114 valence electrons. The van der Waals surface area contributed by atoms with E-state index < -0.39 is 0 Å². The average molecular weight is 306 g/mol. The first-order valence-electron chi connectivity index (χ1n) is 7.32. The second-order valence-electron chi connectivity index (χ2n) is 5.05. The predicted molar refractivity (Wildman–Crippen MR) is 85.7 cm³/mol. The Morgan fingerprint density at radius 2 is 2.14 bits per heavy atom. The molecule has 1 heterocycles. The van der Waals surface area contributed by atoms with Gasteiger partial charge in [-0.15, -0.1) is 5.10 Å². The van der Waals surface area contributed by atoms with Crippen molar-refractivity contribution in [1.29, 1.82) is 0 Å². The average Bonchev–Trinajstić information content (AvgIpc) is 2.82. The minimum absolute atomic E-state index is 0.151. The summed E-state index contributed by atoms with van der Waals surface area (Å²) in [6, 6.07) is 8.32. The molecule has 0 saturated heterocycles. The van der Waals surface area contributed by atoms with Gasteiger partial charge in [-0.25, -0.2) is 9.89 Å². The van der Waals surface area contributed by atoms with Crippen LogP contribution in [0.5, 0.6) is 0 Å². The smallest absolute Gasteiger partial charge is 0.327 e. The molecule has 3 N–H and O–H groups in total. The van der Waals surface area contributed by atoms with Crippen LogP contribution < -0.4 is 11.4 Å². The van der Waals surface area contributed by atoms with E-state index in [0.717, 1.165) is 24.2 Å². The topological polar surface area (TPSA) is 76.7 Å². The number of hydrogen-bond acceptors (Lipinski definition) is 4. The SMILES string of the molecule is CCCn1c(Sc2ccccc2CC(N)CC)n[nH]c1=O. The van der Waals surface area contributed by atoms with Gasteiger partial charge in [-0.2, -0.15) is 0 Å². The largest absolute Gasteiger partial charge is 0.343 e. The van der Waals surface area contributed by atoms with Crippen molar-refractivity contribution < 1.29 is 0 Å². The van der Waals surface area contributed by atoms with Gasteiger partial charge in [0, 0.05) is 17.5 Å². The lowest BCUT2D eigenvalue weighted by Gasteiger charge is -2.12. The van der Waals surface area contributed by atoms with Crippen LogP contribution in [0.3, 0.4) is 0 Å². The lowest BCUT2D eigenvalue weighted by Crippen LogP contribution is -2.21. The van der Waals surface area contributed by atoms with Crippen LogP contribution in [0, 0.1) is 0 Å². The highest BCUT2D eigenvalue weighted by atomic mass is 32.2. The van der Waals surface area contributed by atoms with Crippen LogP contribution in [0.25, 0.3) is 0 Å². The summed E-state index contributed by atoms with van der Waals surface area (Å²) in [6.45, 7) is 4.81. The summed E-state index contributed by atoms with van der Waals surface area (Å²) in [5.74, 6) is 0. The summed E-state index contributed by atoms with van der Waals surface area (Å²) in [4.78, 5) is 12.8. The number of nitrogens with zero attached hydrogens (tertiary/aromatic N) is 2. The fourth-order valence-electron chi connectivity index (χ4n) is 2.10. The maximum atomic E-state index is 11.7. The summed E-state index contributed by atoms with van der Waals surface area (Å²) in [7, 11) is 0. The summed E-state index contributed by atoms with van der Waals surface area (Å²) in [5.41, 5.74) is 7.12.